The number of halogens is 2. The first-order chi connectivity index (χ1) is 17.8. The van der Waals surface area contributed by atoms with E-state index in [2.05, 4.69) is 15.0 Å². The van der Waals surface area contributed by atoms with Gasteiger partial charge in [-0.3, -0.25) is 4.57 Å². The van der Waals surface area contributed by atoms with E-state index in [1.54, 1.807) is 60.7 Å². The summed E-state index contributed by atoms with van der Waals surface area (Å²) >= 11 is 6.12. The van der Waals surface area contributed by atoms with Gasteiger partial charge in [-0.15, -0.1) is 0 Å². The largest absolute Gasteiger partial charge is 0.459 e. The summed E-state index contributed by atoms with van der Waals surface area (Å²) in [7, 11) is 0. The lowest BCUT2D eigenvalue weighted by Gasteiger charge is -2.27. The molecule has 12 heteroatoms. The van der Waals surface area contributed by atoms with E-state index in [1.165, 1.54) is 17.8 Å². The van der Waals surface area contributed by atoms with E-state index in [9.17, 15) is 9.59 Å². The molecular weight excluding hydrogens is 505 g/mol. The number of nitrogens with two attached hydrogens (primary N) is 1. The van der Waals surface area contributed by atoms with Crippen LogP contribution < -0.4 is 5.73 Å². The van der Waals surface area contributed by atoms with Gasteiger partial charge in [0.25, 0.3) is 0 Å². The molecule has 0 aliphatic carbocycles. The van der Waals surface area contributed by atoms with E-state index in [-0.39, 0.29) is 34.4 Å². The van der Waals surface area contributed by atoms with Crippen LogP contribution in [0.2, 0.25) is 5.15 Å². The molecule has 1 unspecified atom stereocenters. The number of carbonyl (C=O) groups is 2. The Bertz CT molecular complexity index is 1450. The van der Waals surface area contributed by atoms with Gasteiger partial charge in [-0.1, -0.05) is 48.0 Å². The van der Waals surface area contributed by atoms with Gasteiger partial charge in [-0.2, -0.15) is 9.97 Å². The Kier molecular flexibility index (Phi) is 6.48. The Morgan fingerprint density at radius 2 is 1.70 bits per heavy atom. The van der Waals surface area contributed by atoms with E-state index in [0.717, 1.165) is 0 Å². The molecule has 2 aromatic carbocycles. The van der Waals surface area contributed by atoms with E-state index < -0.39 is 36.0 Å². The van der Waals surface area contributed by atoms with Crippen molar-refractivity contribution in [3.8, 4) is 0 Å². The molecule has 190 valence electrons. The van der Waals surface area contributed by atoms with Crippen molar-refractivity contribution in [2.75, 3.05) is 12.3 Å². The summed E-state index contributed by atoms with van der Waals surface area (Å²) in [6.07, 6.45) is -2.72. The maximum absolute atomic E-state index is 16.5. The second kappa shape index (κ2) is 9.75. The Morgan fingerprint density at radius 1 is 1.08 bits per heavy atom. The molecule has 2 aromatic heterocycles. The van der Waals surface area contributed by atoms with Gasteiger partial charge in [0, 0.05) is 0 Å². The zero-order valence-electron chi connectivity index (χ0n) is 19.5. The number of hydrogen-bond acceptors (Lipinski definition) is 9. The van der Waals surface area contributed by atoms with Gasteiger partial charge in [-0.25, -0.2) is 19.0 Å². The summed E-state index contributed by atoms with van der Waals surface area (Å²) in [5, 5.41) is -0.0137. The van der Waals surface area contributed by atoms with E-state index >= 15 is 4.39 Å². The molecule has 1 fully saturated rings. The van der Waals surface area contributed by atoms with E-state index in [4.69, 9.17) is 31.5 Å². The maximum atomic E-state index is 16.5. The number of alkyl halides is 1. The Morgan fingerprint density at radius 3 is 2.35 bits per heavy atom. The third kappa shape index (κ3) is 4.70. The normalized spacial score (nSPS) is 23.2. The number of benzene rings is 2. The molecule has 5 rings (SSSR count). The van der Waals surface area contributed by atoms with Crippen LogP contribution in [-0.4, -0.2) is 55.9 Å². The molecule has 0 radical (unpaired) electrons. The van der Waals surface area contributed by atoms with Crippen molar-refractivity contribution >= 4 is 40.7 Å². The third-order valence-electron chi connectivity index (χ3n) is 5.96. The zero-order chi connectivity index (χ0) is 26.2. The first-order valence-corrected chi connectivity index (χ1v) is 11.6. The average Bonchev–Trinajstić information content (AvgIpc) is 3.41. The monoisotopic (exact) mass is 525 g/mol. The molecule has 0 bridgehead atoms. The molecule has 4 aromatic rings. The number of anilines is 1. The van der Waals surface area contributed by atoms with Gasteiger partial charge in [0.2, 0.25) is 5.95 Å². The van der Waals surface area contributed by atoms with Crippen LogP contribution in [0, 0.1) is 0 Å². The van der Waals surface area contributed by atoms with Crippen LogP contribution in [0.1, 0.15) is 33.9 Å². The first-order valence-electron chi connectivity index (χ1n) is 11.2. The van der Waals surface area contributed by atoms with Crippen LogP contribution in [-0.2, 0) is 14.2 Å². The molecule has 10 nitrogen and oxygen atoms in total. The van der Waals surface area contributed by atoms with Gasteiger partial charge in [0.05, 0.1) is 17.5 Å². The highest BCUT2D eigenvalue weighted by Crippen LogP contribution is 2.44. The maximum Gasteiger partial charge on any atom is 0.338 e. The second-order valence-corrected chi connectivity index (χ2v) is 8.89. The van der Waals surface area contributed by atoms with Crippen LogP contribution in [0.5, 0.6) is 0 Å². The van der Waals surface area contributed by atoms with Gasteiger partial charge >= 0.3 is 11.9 Å². The van der Waals surface area contributed by atoms with Crippen molar-refractivity contribution in [1.82, 2.24) is 19.5 Å². The van der Waals surface area contributed by atoms with Crippen molar-refractivity contribution in [3.05, 3.63) is 83.3 Å². The Hall–Kier alpha value is -4.09. The van der Waals surface area contributed by atoms with Crippen molar-refractivity contribution in [2.24, 2.45) is 0 Å². The van der Waals surface area contributed by atoms with Crippen LogP contribution in [0.4, 0.5) is 10.3 Å². The number of ether oxygens (including phenoxy) is 3. The number of imidazole rings is 1. The van der Waals surface area contributed by atoms with Crippen LogP contribution in [0.15, 0.2) is 67.0 Å². The smallest absolute Gasteiger partial charge is 0.338 e. The van der Waals surface area contributed by atoms with Gasteiger partial charge in [0.15, 0.2) is 28.8 Å². The molecule has 2 N–H and O–H groups in total. The van der Waals surface area contributed by atoms with Crippen molar-refractivity contribution < 1.29 is 28.2 Å². The van der Waals surface area contributed by atoms with Crippen molar-refractivity contribution in [1.29, 1.82) is 0 Å². The van der Waals surface area contributed by atoms with Crippen molar-refractivity contribution in [2.45, 2.75) is 31.0 Å². The van der Waals surface area contributed by atoms with Gasteiger partial charge < -0.3 is 19.9 Å². The summed E-state index contributed by atoms with van der Waals surface area (Å²) < 4.78 is 34.8. The summed E-state index contributed by atoms with van der Waals surface area (Å²) in [6.45, 7) is 0.832. The zero-order valence-corrected chi connectivity index (χ0v) is 20.2. The molecule has 1 aliphatic rings. The van der Waals surface area contributed by atoms with E-state index in [0.29, 0.717) is 5.56 Å². The fraction of sp³-hybridized carbons (Fsp3) is 0.240. The number of rotatable bonds is 6. The minimum atomic E-state index is -2.31. The lowest BCUT2D eigenvalue weighted by molar-refractivity contribution is -0.0611. The Balaban J connectivity index is 1.47. The number of nitrogens with zero attached hydrogens (tertiary/aromatic N) is 4. The molecule has 1 aliphatic heterocycles. The first kappa shape index (κ1) is 24.6. The molecule has 0 saturated carbocycles. The highest BCUT2D eigenvalue weighted by atomic mass is 35.5. The Labute approximate surface area is 215 Å². The molecule has 0 amide bonds. The fourth-order valence-electron chi connectivity index (χ4n) is 4.17. The highest BCUT2D eigenvalue weighted by Gasteiger charge is 2.58. The third-order valence-corrected chi connectivity index (χ3v) is 6.22. The molecule has 3 heterocycles. The van der Waals surface area contributed by atoms with Crippen molar-refractivity contribution in [3.63, 3.8) is 0 Å². The highest BCUT2D eigenvalue weighted by molar-refractivity contribution is 6.33. The summed E-state index contributed by atoms with van der Waals surface area (Å²) in [6, 6.07) is 16.4. The summed E-state index contributed by atoms with van der Waals surface area (Å²) in [4.78, 5) is 37.5. The van der Waals surface area contributed by atoms with Crippen LogP contribution in [0.25, 0.3) is 11.2 Å². The number of esters is 2. The fourth-order valence-corrected chi connectivity index (χ4v) is 4.39. The van der Waals surface area contributed by atoms with E-state index in [1.807, 2.05) is 0 Å². The van der Waals surface area contributed by atoms with Gasteiger partial charge in [-0.05, 0) is 31.2 Å². The second-order valence-electron chi connectivity index (χ2n) is 8.53. The molecule has 1 saturated heterocycles. The lowest BCUT2D eigenvalue weighted by Crippen LogP contribution is -2.44. The standard InChI is InChI=1S/C25H21ClFN5O5/c1-25(27)18(37-22(34)15-10-6-3-7-11-15)16(12-35-21(33)14-8-4-2-5-9-14)36-23(25)32-13-29-17-19(26)30-24(28)31-20(17)32/h2-11,13,16,18,23H,12H2,1H3,(H2,28,30,31)/t16-,18-,23?,25+/m1/s1. The predicted octanol–water partition coefficient (Wildman–Crippen LogP) is 3.77. The number of carbonyl (C=O) groups excluding carboxylic acids is 2. The SMILES string of the molecule is C[C@@]1(F)C(n2cnc3c(Cl)nc(N)nc32)O[C@H](COC(=O)c2ccccc2)[C@H]1OC(=O)c1ccccc1. The quantitative estimate of drug-likeness (QED) is 0.295. The molecular formula is C25H21ClFN5O5. The molecule has 0 spiro atoms. The summed E-state index contributed by atoms with van der Waals surface area (Å²) in [5.41, 5.74) is 4.26. The topological polar surface area (TPSA) is 131 Å². The predicted molar refractivity (Wildman–Crippen MR) is 131 cm³/mol. The number of aromatic nitrogens is 4. The van der Waals surface area contributed by atoms with Gasteiger partial charge in [0.1, 0.15) is 18.2 Å². The lowest BCUT2D eigenvalue weighted by atomic mass is 9.98. The van der Waals surface area contributed by atoms with Crippen LogP contribution in [0.3, 0.4) is 0 Å². The number of fused-ring (bicyclic) bond motifs is 1. The summed E-state index contributed by atoms with van der Waals surface area (Å²) in [5.74, 6) is -1.54. The minimum Gasteiger partial charge on any atom is -0.459 e. The molecule has 37 heavy (non-hydrogen) atoms. The number of nitrogen functional groups attached to an aromatic ring is 1. The van der Waals surface area contributed by atoms with Crippen LogP contribution >= 0.6 is 11.6 Å². The molecule has 4 atom stereocenters. The minimum absolute atomic E-state index is 0.0137. The average molecular weight is 526 g/mol. The number of hydrogen-bond donors (Lipinski definition) is 1.